The van der Waals surface area contributed by atoms with Gasteiger partial charge in [0.05, 0.1) is 20.8 Å². The molecule has 2 aromatic rings. The summed E-state index contributed by atoms with van der Waals surface area (Å²) in [7, 11) is 0. The van der Waals surface area contributed by atoms with Crippen LogP contribution in [0.1, 0.15) is 0 Å². The van der Waals surface area contributed by atoms with Gasteiger partial charge in [-0.05, 0) is 24.3 Å². The molecule has 0 bridgehead atoms. The zero-order chi connectivity index (χ0) is 11.7. The molecule has 0 spiro atoms. The lowest BCUT2D eigenvalue weighted by Crippen LogP contribution is -1.85. The van der Waals surface area contributed by atoms with Crippen molar-refractivity contribution >= 4 is 46.4 Å². The first kappa shape index (κ1) is 12.0. The van der Waals surface area contributed by atoms with Crippen LogP contribution in [0.5, 0.6) is 0 Å². The van der Waals surface area contributed by atoms with Crippen LogP contribution in [0.15, 0.2) is 30.3 Å². The van der Waals surface area contributed by atoms with Crippen LogP contribution in [0.25, 0.3) is 11.3 Å². The Balaban J connectivity index is 2.60. The first-order chi connectivity index (χ1) is 7.58. The van der Waals surface area contributed by atoms with Crippen molar-refractivity contribution in [3.8, 4) is 11.3 Å². The molecule has 1 aromatic carbocycles. The predicted molar refractivity (Wildman–Crippen MR) is 69.7 cm³/mol. The molecular weight excluding hydrogens is 288 g/mol. The molecule has 0 unspecified atom stereocenters. The van der Waals surface area contributed by atoms with Gasteiger partial charge in [-0.3, -0.25) is 0 Å². The minimum absolute atomic E-state index is 0.402. The number of rotatable bonds is 1. The number of halogens is 4. The van der Waals surface area contributed by atoms with Crippen molar-refractivity contribution in [1.29, 1.82) is 0 Å². The van der Waals surface area contributed by atoms with Crippen LogP contribution in [0, 0.1) is 0 Å². The molecule has 2 rings (SSSR count). The highest BCUT2D eigenvalue weighted by molar-refractivity contribution is 6.44. The molecule has 0 aliphatic carbocycles. The van der Waals surface area contributed by atoms with Crippen LogP contribution >= 0.6 is 46.4 Å². The predicted octanol–water partition coefficient (Wildman–Crippen LogP) is 5.36. The molecule has 1 aromatic heterocycles. The average Bonchev–Trinajstić information content (AvgIpc) is 2.23. The molecule has 0 aliphatic heterocycles. The highest BCUT2D eigenvalue weighted by atomic mass is 35.5. The van der Waals surface area contributed by atoms with Gasteiger partial charge < -0.3 is 0 Å². The summed E-state index contributed by atoms with van der Waals surface area (Å²) >= 11 is 23.6. The van der Waals surface area contributed by atoms with Gasteiger partial charge in [0.1, 0.15) is 5.15 Å². The highest BCUT2D eigenvalue weighted by Crippen LogP contribution is 2.34. The molecule has 0 radical (unpaired) electrons. The van der Waals surface area contributed by atoms with Crippen LogP contribution in [0.4, 0.5) is 0 Å². The molecule has 16 heavy (non-hydrogen) atoms. The number of pyridine rings is 1. The molecule has 5 heteroatoms. The zero-order valence-electron chi connectivity index (χ0n) is 7.85. The summed E-state index contributed by atoms with van der Waals surface area (Å²) in [6.45, 7) is 0. The summed E-state index contributed by atoms with van der Waals surface area (Å²) in [5.74, 6) is 0. The van der Waals surface area contributed by atoms with Crippen molar-refractivity contribution in [2.75, 3.05) is 0 Å². The Bertz CT molecular complexity index is 540. The molecule has 1 nitrogen and oxygen atoms in total. The number of hydrogen-bond donors (Lipinski definition) is 0. The minimum Gasteiger partial charge on any atom is -0.236 e. The fourth-order valence-corrected chi connectivity index (χ4v) is 2.08. The first-order valence-electron chi connectivity index (χ1n) is 4.35. The maximum absolute atomic E-state index is 6.06. The molecule has 0 aliphatic rings. The van der Waals surface area contributed by atoms with E-state index in [0.717, 1.165) is 0 Å². The summed E-state index contributed by atoms with van der Waals surface area (Å²) in [5.41, 5.74) is 1.37. The zero-order valence-corrected chi connectivity index (χ0v) is 10.9. The fraction of sp³-hybridized carbons (Fsp3) is 0. The smallest absolute Gasteiger partial charge is 0.129 e. The Labute approximate surface area is 113 Å². The highest BCUT2D eigenvalue weighted by Gasteiger charge is 2.09. The van der Waals surface area contributed by atoms with Crippen molar-refractivity contribution in [2.24, 2.45) is 0 Å². The van der Waals surface area contributed by atoms with E-state index in [0.29, 0.717) is 31.5 Å². The lowest BCUT2D eigenvalue weighted by Gasteiger charge is -2.06. The monoisotopic (exact) mass is 291 g/mol. The molecule has 0 fully saturated rings. The molecule has 0 N–H and O–H groups in total. The van der Waals surface area contributed by atoms with E-state index in [4.69, 9.17) is 46.4 Å². The standard InChI is InChI=1S/C11H5Cl4N/c12-7-5-9(14)8(13)4-6(7)10-2-1-3-11(15)16-10/h1-5H. The van der Waals surface area contributed by atoms with Gasteiger partial charge in [-0.2, -0.15) is 0 Å². The normalized spacial score (nSPS) is 10.5. The largest absolute Gasteiger partial charge is 0.236 e. The Kier molecular flexibility index (Phi) is 3.60. The van der Waals surface area contributed by atoms with E-state index in [1.165, 1.54) is 0 Å². The Hall–Kier alpha value is -0.470. The third kappa shape index (κ3) is 2.44. The van der Waals surface area contributed by atoms with Gasteiger partial charge in [-0.25, -0.2) is 4.98 Å². The second-order valence-electron chi connectivity index (χ2n) is 3.09. The Morgan fingerprint density at radius 1 is 0.812 bits per heavy atom. The Morgan fingerprint density at radius 2 is 1.50 bits per heavy atom. The molecule has 1 heterocycles. The quantitative estimate of drug-likeness (QED) is 0.509. The lowest BCUT2D eigenvalue weighted by atomic mass is 10.1. The fourth-order valence-electron chi connectivity index (χ4n) is 1.28. The molecular formula is C11H5Cl4N. The van der Waals surface area contributed by atoms with E-state index >= 15 is 0 Å². The van der Waals surface area contributed by atoms with Crippen LogP contribution in [-0.2, 0) is 0 Å². The van der Waals surface area contributed by atoms with Crippen LogP contribution in [-0.4, -0.2) is 4.98 Å². The van der Waals surface area contributed by atoms with E-state index in [-0.39, 0.29) is 0 Å². The SMILES string of the molecule is Clc1cccc(-c2cc(Cl)c(Cl)cc2Cl)n1. The van der Waals surface area contributed by atoms with Crippen LogP contribution < -0.4 is 0 Å². The van der Waals surface area contributed by atoms with Crippen LogP contribution in [0.2, 0.25) is 20.2 Å². The van der Waals surface area contributed by atoms with E-state index in [9.17, 15) is 0 Å². The molecule has 0 saturated carbocycles. The maximum atomic E-state index is 6.06. The lowest BCUT2D eigenvalue weighted by molar-refractivity contribution is 1.33. The van der Waals surface area contributed by atoms with E-state index in [1.807, 2.05) is 0 Å². The van der Waals surface area contributed by atoms with Crippen molar-refractivity contribution in [3.63, 3.8) is 0 Å². The average molecular weight is 293 g/mol. The third-order valence-electron chi connectivity index (χ3n) is 2.00. The van der Waals surface area contributed by atoms with Gasteiger partial charge >= 0.3 is 0 Å². The van der Waals surface area contributed by atoms with E-state index < -0.39 is 0 Å². The van der Waals surface area contributed by atoms with Crippen molar-refractivity contribution in [2.45, 2.75) is 0 Å². The number of benzene rings is 1. The van der Waals surface area contributed by atoms with Crippen molar-refractivity contribution in [3.05, 3.63) is 50.6 Å². The third-order valence-corrected chi connectivity index (χ3v) is 3.25. The first-order valence-corrected chi connectivity index (χ1v) is 5.86. The summed E-state index contributed by atoms with van der Waals surface area (Å²) in [4.78, 5) is 4.15. The van der Waals surface area contributed by atoms with Gasteiger partial charge in [0, 0.05) is 5.56 Å². The van der Waals surface area contributed by atoms with Crippen molar-refractivity contribution in [1.82, 2.24) is 4.98 Å². The molecule has 0 atom stereocenters. The van der Waals surface area contributed by atoms with E-state index in [2.05, 4.69) is 4.98 Å². The van der Waals surface area contributed by atoms with Gasteiger partial charge in [0.2, 0.25) is 0 Å². The topological polar surface area (TPSA) is 12.9 Å². The summed E-state index contributed by atoms with van der Waals surface area (Å²) < 4.78 is 0. The number of nitrogens with zero attached hydrogens (tertiary/aromatic N) is 1. The summed E-state index contributed by atoms with van der Waals surface area (Å²) in [6.07, 6.45) is 0. The molecule has 0 amide bonds. The second kappa shape index (κ2) is 4.80. The Morgan fingerprint density at radius 3 is 2.19 bits per heavy atom. The number of aromatic nitrogens is 1. The molecule has 82 valence electrons. The summed E-state index contributed by atoms with van der Waals surface area (Å²) in [6, 6.07) is 8.55. The van der Waals surface area contributed by atoms with Gasteiger partial charge in [0.25, 0.3) is 0 Å². The minimum atomic E-state index is 0.402. The van der Waals surface area contributed by atoms with Gasteiger partial charge in [-0.1, -0.05) is 52.5 Å². The van der Waals surface area contributed by atoms with Gasteiger partial charge in [-0.15, -0.1) is 0 Å². The van der Waals surface area contributed by atoms with Crippen LogP contribution in [0.3, 0.4) is 0 Å². The summed E-state index contributed by atoms with van der Waals surface area (Å²) in [5, 5.41) is 1.74. The number of hydrogen-bond acceptors (Lipinski definition) is 1. The van der Waals surface area contributed by atoms with E-state index in [1.54, 1.807) is 30.3 Å². The van der Waals surface area contributed by atoms with Crippen molar-refractivity contribution < 1.29 is 0 Å². The maximum Gasteiger partial charge on any atom is 0.129 e. The second-order valence-corrected chi connectivity index (χ2v) is 4.70. The van der Waals surface area contributed by atoms with Gasteiger partial charge in [0.15, 0.2) is 0 Å². The molecule has 0 saturated heterocycles.